The third kappa shape index (κ3) is 2.96. The normalized spacial score (nSPS) is 13.4. The van der Waals surface area contributed by atoms with E-state index in [1.165, 1.54) is 0 Å². The molecule has 0 saturated carbocycles. The van der Waals surface area contributed by atoms with Crippen molar-refractivity contribution in [1.29, 1.82) is 0 Å². The van der Waals surface area contributed by atoms with Gasteiger partial charge in [0.1, 0.15) is 0 Å². The summed E-state index contributed by atoms with van der Waals surface area (Å²) in [6.07, 6.45) is 3.59. The number of ketones is 1. The van der Waals surface area contributed by atoms with Crippen molar-refractivity contribution in [1.82, 2.24) is 9.71 Å². The predicted octanol–water partition coefficient (Wildman–Crippen LogP) is 3.03. The molecular formula is C18H22N2O4. The van der Waals surface area contributed by atoms with Crippen LogP contribution in [-0.2, 0) is 12.8 Å². The van der Waals surface area contributed by atoms with Crippen molar-refractivity contribution in [3.05, 3.63) is 41.0 Å². The van der Waals surface area contributed by atoms with Gasteiger partial charge >= 0.3 is 0 Å². The van der Waals surface area contributed by atoms with Gasteiger partial charge in [0, 0.05) is 5.56 Å². The van der Waals surface area contributed by atoms with E-state index in [0.29, 0.717) is 30.3 Å². The fourth-order valence-electron chi connectivity index (χ4n) is 2.99. The van der Waals surface area contributed by atoms with E-state index in [-0.39, 0.29) is 11.6 Å². The number of ether oxygens (including phenoxy) is 2. The number of fused-ring (bicyclic) bond motifs is 1. The molecule has 0 bridgehead atoms. The van der Waals surface area contributed by atoms with Crippen LogP contribution in [0.3, 0.4) is 0 Å². The molecule has 1 aromatic carbocycles. The Morgan fingerprint density at radius 1 is 1.17 bits per heavy atom. The number of aromatic nitrogens is 2. The van der Waals surface area contributed by atoms with Gasteiger partial charge in [-0.2, -0.15) is 4.73 Å². The van der Waals surface area contributed by atoms with Gasteiger partial charge in [-0.05, 0) is 57.7 Å². The van der Waals surface area contributed by atoms with Gasteiger partial charge in [-0.1, -0.05) is 0 Å². The Labute approximate surface area is 141 Å². The monoisotopic (exact) mass is 330 g/mol. The summed E-state index contributed by atoms with van der Waals surface area (Å²) in [5.41, 5.74) is 1.99. The summed E-state index contributed by atoms with van der Waals surface area (Å²) in [5.74, 6) is 0.859. The maximum Gasteiger partial charge on any atom is 0.231 e. The first kappa shape index (κ1) is 16.4. The van der Waals surface area contributed by atoms with Crippen LogP contribution in [0.5, 0.6) is 11.5 Å². The summed E-state index contributed by atoms with van der Waals surface area (Å²) >= 11 is 0. The highest BCUT2D eigenvalue weighted by molar-refractivity contribution is 6.07. The molecule has 1 heterocycles. The fraction of sp³-hybridized carbons (Fsp3) is 0.444. The first-order chi connectivity index (χ1) is 11.7. The fourth-order valence-corrected chi connectivity index (χ4v) is 2.99. The summed E-state index contributed by atoms with van der Waals surface area (Å²) in [6, 6.07) is 5.03. The standard InChI is InChI=1S/C18H22N2O4/c1-3-23-15-10-9-12(11-16(15)24-4-2)17(21)18-19-13-7-5-6-8-14(13)20(18)22/h9-11,22H,3-8H2,1-2H3. The largest absolute Gasteiger partial charge is 0.490 e. The van der Waals surface area contributed by atoms with Crippen molar-refractivity contribution in [3.8, 4) is 11.5 Å². The smallest absolute Gasteiger partial charge is 0.231 e. The molecule has 0 atom stereocenters. The van der Waals surface area contributed by atoms with E-state index in [2.05, 4.69) is 4.98 Å². The highest BCUT2D eigenvalue weighted by atomic mass is 16.5. The lowest BCUT2D eigenvalue weighted by Crippen LogP contribution is -2.12. The van der Waals surface area contributed by atoms with E-state index in [0.717, 1.165) is 41.8 Å². The molecule has 0 radical (unpaired) electrons. The molecule has 2 aromatic rings. The van der Waals surface area contributed by atoms with Crippen LogP contribution >= 0.6 is 0 Å². The highest BCUT2D eigenvalue weighted by Gasteiger charge is 2.25. The molecule has 0 fully saturated rings. The third-order valence-corrected chi connectivity index (χ3v) is 4.12. The topological polar surface area (TPSA) is 73.6 Å². The molecule has 0 amide bonds. The van der Waals surface area contributed by atoms with Crippen LogP contribution in [0.15, 0.2) is 18.2 Å². The summed E-state index contributed by atoms with van der Waals surface area (Å²) in [4.78, 5) is 17.1. The van der Waals surface area contributed by atoms with Gasteiger partial charge in [-0.3, -0.25) is 4.79 Å². The number of carbonyl (C=O) groups excluding carboxylic acids is 1. The minimum Gasteiger partial charge on any atom is -0.490 e. The van der Waals surface area contributed by atoms with Crippen molar-refractivity contribution < 1.29 is 19.5 Å². The second kappa shape index (κ2) is 6.95. The van der Waals surface area contributed by atoms with Crippen LogP contribution in [0.2, 0.25) is 0 Å². The van der Waals surface area contributed by atoms with E-state index in [9.17, 15) is 10.0 Å². The highest BCUT2D eigenvalue weighted by Crippen LogP contribution is 2.30. The summed E-state index contributed by atoms with van der Waals surface area (Å²) in [6.45, 7) is 4.75. The number of imidazole rings is 1. The van der Waals surface area contributed by atoms with Crippen LogP contribution in [-0.4, -0.2) is 33.9 Å². The lowest BCUT2D eigenvalue weighted by molar-refractivity contribution is 0.0970. The number of aryl methyl sites for hydroxylation is 1. The second-order valence-electron chi connectivity index (χ2n) is 5.70. The minimum atomic E-state index is -0.323. The minimum absolute atomic E-state index is 0.0634. The number of carbonyl (C=O) groups is 1. The second-order valence-corrected chi connectivity index (χ2v) is 5.70. The van der Waals surface area contributed by atoms with Gasteiger partial charge in [0.15, 0.2) is 11.5 Å². The Balaban J connectivity index is 1.95. The molecule has 6 nitrogen and oxygen atoms in total. The first-order valence-corrected chi connectivity index (χ1v) is 8.39. The van der Waals surface area contributed by atoms with Gasteiger partial charge in [-0.25, -0.2) is 4.98 Å². The van der Waals surface area contributed by atoms with Crippen molar-refractivity contribution >= 4 is 5.78 Å². The van der Waals surface area contributed by atoms with Gasteiger partial charge in [0.2, 0.25) is 11.6 Å². The molecule has 0 saturated heterocycles. The van der Waals surface area contributed by atoms with Gasteiger partial charge in [-0.15, -0.1) is 0 Å². The van der Waals surface area contributed by atoms with Gasteiger partial charge in [0.25, 0.3) is 0 Å². The molecule has 1 aliphatic rings. The molecule has 128 valence electrons. The Morgan fingerprint density at radius 2 is 1.88 bits per heavy atom. The van der Waals surface area contributed by atoms with Crippen molar-refractivity contribution in [2.45, 2.75) is 39.5 Å². The van der Waals surface area contributed by atoms with E-state index in [4.69, 9.17) is 9.47 Å². The number of hydrogen-bond acceptors (Lipinski definition) is 5. The molecule has 1 aromatic heterocycles. The van der Waals surface area contributed by atoms with E-state index in [1.807, 2.05) is 13.8 Å². The molecule has 0 unspecified atom stereocenters. The maximum atomic E-state index is 12.8. The van der Waals surface area contributed by atoms with Crippen molar-refractivity contribution in [2.75, 3.05) is 13.2 Å². The number of benzene rings is 1. The summed E-state index contributed by atoms with van der Waals surface area (Å²) in [7, 11) is 0. The van der Waals surface area contributed by atoms with Crippen LogP contribution in [0, 0.1) is 0 Å². The zero-order valence-electron chi connectivity index (χ0n) is 14.0. The SMILES string of the molecule is CCOc1ccc(C(=O)c2nc3c(n2O)CCCC3)cc1OCC. The zero-order chi connectivity index (χ0) is 17.1. The van der Waals surface area contributed by atoms with E-state index >= 15 is 0 Å². The Bertz CT molecular complexity index is 752. The van der Waals surface area contributed by atoms with Crippen LogP contribution in [0.25, 0.3) is 0 Å². The molecule has 24 heavy (non-hydrogen) atoms. The van der Waals surface area contributed by atoms with Crippen LogP contribution in [0.1, 0.15) is 54.3 Å². The van der Waals surface area contributed by atoms with Crippen LogP contribution in [0.4, 0.5) is 0 Å². The van der Waals surface area contributed by atoms with Crippen LogP contribution < -0.4 is 9.47 Å². The quantitative estimate of drug-likeness (QED) is 0.651. The third-order valence-electron chi connectivity index (χ3n) is 4.12. The van der Waals surface area contributed by atoms with Gasteiger partial charge < -0.3 is 14.7 Å². The molecule has 1 N–H and O–H groups in total. The number of rotatable bonds is 6. The summed E-state index contributed by atoms with van der Waals surface area (Å²) < 4.78 is 12.0. The Hall–Kier alpha value is -2.50. The molecule has 1 aliphatic carbocycles. The Kier molecular flexibility index (Phi) is 4.74. The molecule has 6 heteroatoms. The van der Waals surface area contributed by atoms with Gasteiger partial charge in [0.05, 0.1) is 24.6 Å². The average molecular weight is 330 g/mol. The maximum absolute atomic E-state index is 12.8. The predicted molar refractivity (Wildman–Crippen MR) is 88.3 cm³/mol. The number of hydrogen-bond donors (Lipinski definition) is 1. The van der Waals surface area contributed by atoms with Crippen molar-refractivity contribution in [2.24, 2.45) is 0 Å². The first-order valence-electron chi connectivity index (χ1n) is 8.39. The lowest BCUT2D eigenvalue weighted by atomic mass is 10.0. The molecular weight excluding hydrogens is 308 g/mol. The average Bonchev–Trinajstić information content (AvgIpc) is 2.93. The summed E-state index contributed by atoms with van der Waals surface area (Å²) in [5, 5.41) is 10.3. The van der Waals surface area contributed by atoms with Crippen molar-refractivity contribution in [3.63, 3.8) is 0 Å². The molecule has 0 spiro atoms. The van der Waals surface area contributed by atoms with E-state index < -0.39 is 0 Å². The molecule has 3 rings (SSSR count). The van der Waals surface area contributed by atoms with E-state index in [1.54, 1.807) is 18.2 Å². The zero-order valence-corrected chi connectivity index (χ0v) is 14.0. The number of nitrogens with zero attached hydrogens (tertiary/aromatic N) is 2. The molecule has 0 aliphatic heterocycles. The Morgan fingerprint density at radius 3 is 2.58 bits per heavy atom. The lowest BCUT2D eigenvalue weighted by Gasteiger charge is -2.12.